The van der Waals surface area contributed by atoms with Crippen molar-refractivity contribution in [3.8, 4) is 29.4 Å². The molecule has 0 unspecified atom stereocenters. The summed E-state index contributed by atoms with van der Waals surface area (Å²) >= 11 is 0. The number of anilines is 1. The Morgan fingerprint density at radius 2 is 1.71 bits per heavy atom. The molecule has 6 rings (SSSR count). The lowest BCUT2D eigenvalue weighted by Crippen LogP contribution is -2.28. The van der Waals surface area contributed by atoms with E-state index in [4.69, 9.17) is 22.2 Å². The summed E-state index contributed by atoms with van der Waals surface area (Å²) in [4.78, 5) is 27.3. The molecule has 0 saturated heterocycles. The van der Waals surface area contributed by atoms with Crippen LogP contribution in [0, 0.1) is 12.3 Å². The second-order valence-electron chi connectivity index (χ2n) is 8.76. The Morgan fingerprint density at radius 3 is 2.47 bits per heavy atom. The number of hydrogen-bond donors (Lipinski definition) is 2. The van der Waals surface area contributed by atoms with Crippen molar-refractivity contribution in [3.63, 3.8) is 0 Å². The van der Waals surface area contributed by atoms with Crippen molar-refractivity contribution >= 4 is 27.8 Å². The lowest BCUT2D eigenvalue weighted by atomic mass is 10.1. The molecule has 0 aliphatic carbocycles. The highest BCUT2D eigenvalue weighted by Gasteiger charge is 2.20. The first-order chi connectivity index (χ1) is 18.5. The van der Waals surface area contributed by atoms with Crippen molar-refractivity contribution in [2.24, 2.45) is 0 Å². The molecule has 3 N–H and O–H groups in total. The molecular weight excluding hydrogens is 478 g/mol. The molecule has 3 heterocycles. The van der Waals surface area contributed by atoms with Crippen LogP contribution in [0.3, 0.4) is 0 Å². The Bertz CT molecular complexity index is 1920. The number of nitrogens with zero attached hydrogens (tertiary/aromatic N) is 6. The van der Waals surface area contributed by atoms with Gasteiger partial charge in [-0.05, 0) is 42.0 Å². The predicted molar refractivity (Wildman–Crippen MR) is 145 cm³/mol. The summed E-state index contributed by atoms with van der Waals surface area (Å²) in [6.45, 7) is 0.446. The van der Waals surface area contributed by atoms with Crippen LogP contribution in [-0.4, -0.2) is 34.4 Å². The first-order valence-electron chi connectivity index (χ1n) is 11.8. The smallest absolute Gasteiger partial charge is 0.263 e. The minimum absolute atomic E-state index is 0.137. The topological polar surface area (TPSA) is 125 Å². The number of phenols is 1. The summed E-state index contributed by atoms with van der Waals surface area (Å²) < 4.78 is 3.28. The monoisotopic (exact) mass is 499 g/mol. The number of phenolic OH excluding ortho intramolecular Hbond substituents is 1. The van der Waals surface area contributed by atoms with Crippen molar-refractivity contribution in [2.75, 3.05) is 5.73 Å². The number of aromatic hydroxyl groups is 1. The highest BCUT2D eigenvalue weighted by atomic mass is 16.3. The van der Waals surface area contributed by atoms with Gasteiger partial charge in [0, 0.05) is 11.1 Å². The molecule has 3 aromatic heterocycles. The second kappa shape index (κ2) is 9.19. The zero-order valence-corrected chi connectivity index (χ0v) is 20.1. The summed E-state index contributed by atoms with van der Waals surface area (Å²) in [5.41, 5.74) is 9.76. The highest BCUT2D eigenvalue weighted by molar-refractivity contribution is 5.98. The van der Waals surface area contributed by atoms with Gasteiger partial charge in [-0.25, -0.2) is 19.6 Å². The van der Waals surface area contributed by atoms with Crippen molar-refractivity contribution in [2.45, 2.75) is 13.1 Å². The fourth-order valence-electron chi connectivity index (χ4n) is 4.58. The molecule has 38 heavy (non-hydrogen) atoms. The Labute approximate surface area is 216 Å². The van der Waals surface area contributed by atoms with Gasteiger partial charge < -0.3 is 10.8 Å². The summed E-state index contributed by atoms with van der Waals surface area (Å²) in [7, 11) is 0. The highest BCUT2D eigenvalue weighted by Crippen LogP contribution is 2.31. The van der Waals surface area contributed by atoms with Crippen LogP contribution in [0.5, 0.6) is 5.75 Å². The lowest BCUT2D eigenvalue weighted by Gasteiger charge is -2.15. The van der Waals surface area contributed by atoms with E-state index in [0.29, 0.717) is 45.6 Å². The van der Waals surface area contributed by atoms with Crippen LogP contribution < -0.4 is 11.3 Å². The van der Waals surface area contributed by atoms with Crippen LogP contribution in [0.25, 0.3) is 33.2 Å². The van der Waals surface area contributed by atoms with Crippen molar-refractivity contribution < 1.29 is 5.11 Å². The molecule has 0 saturated carbocycles. The molecule has 0 atom stereocenters. The number of aromatic nitrogens is 6. The summed E-state index contributed by atoms with van der Waals surface area (Å²) in [5.74, 6) is 3.50. The molecule has 0 aliphatic rings. The maximum Gasteiger partial charge on any atom is 0.263 e. The molecule has 9 heteroatoms. The van der Waals surface area contributed by atoms with Gasteiger partial charge in [0.25, 0.3) is 5.56 Å². The molecule has 0 bridgehead atoms. The molecule has 0 amide bonds. The Kier molecular flexibility index (Phi) is 5.55. The van der Waals surface area contributed by atoms with E-state index in [0.717, 1.165) is 11.1 Å². The molecule has 0 aliphatic heterocycles. The number of terminal acetylenes is 1. The zero-order valence-electron chi connectivity index (χ0n) is 20.1. The van der Waals surface area contributed by atoms with Gasteiger partial charge in [0.2, 0.25) is 0 Å². The van der Waals surface area contributed by atoms with Crippen LogP contribution >= 0.6 is 0 Å². The predicted octanol–water partition coefficient (Wildman–Crippen LogP) is 3.57. The Hall–Kier alpha value is -5.49. The zero-order chi connectivity index (χ0) is 26.2. The summed E-state index contributed by atoms with van der Waals surface area (Å²) in [5, 5.41) is 15.5. The second-order valence-corrected chi connectivity index (χ2v) is 8.76. The molecule has 3 aromatic carbocycles. The first-order valence-corrected chi connectivity index (χ1v) is 11.8. The lowest BCUT2D eigenvalue weighted by molar-refractivity contribution is 0.475. The molecule has 0 spiro atoms. The molecule has 6 aromatic rings. The molecule has 184 valence electrons. The maximum atomic E-state index is 13.8. The third kappa shape index (κ3) is 3.90. The van der Waals surface area contributed by atoms with E-state index >= 15 is 0 Å². The van der Waals surface area contributed by atoms with E-state index < -0.39 is 0 Å². The van der Waals surface area contributed by atoms with Gasteiger partial charge in [0.05, 0.1) is 22.8 Å². The molecule has 0 radical (unpaired) electrons. The van der Waals surface area contributed by atoms with Gasteiger partial charge in [0.15, 0.2) is 5.65 Å². The van der Waals surface area contributed by atoms with E-state index in [9.17, 15) is 9.90 Å². The maximum absolute atomic E-state index is 13.8. The van der Waals surface area contributed by atoms with Gasteiger partial charge in [-0.3, -0.25) is 9.36 Å². The number of fused-ring (bicyclic) bond motifs is 2. The molecule has 9 nitrogen and oxygen atoms in total. The van der Waals surface area contributed by atoms with Crippen molar-refractivity contribution in [1.82, 2.24) is 29.3 Å². The molecule has 0 fully saturated rings. The number of rotatable bonds is 5. The number of nitrogen functional groups attached to an aromatic ring is 1. The minimum Gasteiger partial charge on any atom is -0.508 e. The average Bonchev–Trinajstić information content (AvgIpc) is 3.31. The van der Waals surface area contributed by atoms with Crippen molar-refractivity contribution in [3.05, 3.63) is 106 Å². The summed E-state index contributed by atoms with van der Waals surface area (Å²) in [6, 6.07) is 21.6. The Balaban J connectivity index is 1.57. The normalized spacial score (nSPS) is 11.1. The van der Waals surface area contributed by atoms with E-state index in [-0.39, 0.29) is 23.7 Å². The van der Waals surface area contributed by atoms with Crippen LogP contribution in [0.4, 0.5) is 5.82 Å². The van der Waals surface area contributed by atoms with Crippen LogP contribution in [0.1, 0.15) is 17.0 Å². The standard InChI is InChI=1S/C29H21N7O2/c1-2-19-9-6-10-22-24(19)29(38)35(15-18-7-4-3-5-8-18)23(33-22)16-36-28-25(27(30)31-17-32-28)26(34-36)20-11-13-21(37)14-12-20/h1,3-14,17,37H,15-16H2,(H2,30,31,32). The summed E-state index contributed by atoms with van der Waals surface area (Å²) in [6.07, 6.45) is 7.09. The van der Waals surface area contributed by atoms with Crippen LogP contribution in [0.2, 0.25) is 0 Å². The molecular formula is C29H21N7O2. The van der Waals surface area contributed by atoms with Gasteiger partial charge in [0.1, 0.15) is 36.0 Å². The van der Waals surface area contributed by atoms with Crippen LogP contribution in [-0.2, 0) is 13.1 Å². The average molecular weight is 500 g/mol. The third-order valence-corrected chi connectivity index (χ3v) is 6.39. The van der Waals surface area contributed by atoms with Crippen molar-refractivity contribution in [1.29, 1.82) is 0 Å². The van der Waals surface area contributed by atoms with Gasteiger partial charge in [-0.15, -0.1) is 6.42 Å². The fraction of sp³-hybridized carbons (Fsp3) is 0.0690. The Morgan fingerprint density at radius 1 is 0.921 bits per heavy atom. The SMILES string of the molecule is C#Cc1cccc2nc(Cn3nc(-c4ccc(O)cc4)c4c(N)ncnc43)n(Cc3ccccc3)c(=O)c12. The quantitative estimate of drug-likeness (QED) is 0.348. The van der Waals surface area contributed by atoms with Gasteiger partial charge in [-0.1, -0.05) is 42.3 Å². The van der Waals surface area contributed by atoms with Crippen LogP contribution in [0.15, 0.2) is 83.9 Å². The third-order valence-electron chi connectivity index (χ3n) is 6.39. The van der Waals surface area contributed by atoms with E-state index in [2.05, 4.69) is 15.9 Å². The van der Waals surface area contributed by atoms with Gasteiger partial charge in [-0.2, -0.15) is 5.10 Å². The number of hydrogen-bond acceptors (Lipinski definition) is 7. The largest absolute Gasteiger partial charge is 0.508 e. The van der Waals surface area contributed by atoms with E-state index in [1.165, 1.54) is 6.33 Å². The fourth-order valence-corrected chi connectivity index (χ4v) is 4.58. The first kappa shape index (κ1) is 22.9. The van der Waals surface area contributed by atoms with E-state index in [1.54, 1.807) is 51.7 Å². The number of nitrogens with two attached hydrogens (primary N) is 1. The minimum atomic E-state index is -0.230. The van der Waals surface area contributed by atoms with Gasteiger partial charge >= 0.3 is 0 Å². The van der Waals surface area contributed by atoms with E-state index in [1.807, 2.05) is 30.3 Å². The number of benzene rings is 3.